The fraction of sp³-hybridized carbons (Fsp3) is 0.250. The number of fused-ring (bicyclic) bond motifs is 1. The van der Waals surface area contributed by atoms with Crippen LogP contribution in [0.2, 0.25) is 0 Å². The predicted molar refractivity (Wildman–Crippen MR) is 84.4 cm³/mol. The van der Waals surface area contributed by atoms with Gasteiger partial charge in [-0.25, -0.2) is 9.97 Å². The van der Waals surface area contributed by atoms with E-state index in [2.05, 4.69) is 45.4 Å². The van der Waals surface area contributed by atoms with Crippen molar-refractivity contribution in [2.45, 2.75) is 6.92 Å². The molecule has 3 rings (SSSR count). The molecule has 21 heavy (non-hydrogen) atoms. The summed E-state index contributed by atoms with van der Waals surface area (Å²) in [5.41, 5.74) is 4.12. The molecular formula is C16H18N4O. The van der Waals surface area contributed by atoms with Crippen LogP contribution >= 0.6 is 0 Å². The average Bonchev–Trinajstić information content (AvgIpc) is 2.92. The van der Waals surface area contributed by atoms with E-state index in [1.807, 2.05) is 12.1 Å². The van der Waals surface area contributed by atoms with E-state index in [1.54, 1.807) is 13.3 Å². The van der Waals surface area contributed by atoms with Gasteiger partial charge in [-0.05, 0) is 19.1 Å². The lowest BCUT2D eigenvalue weighted by Crippen LogP contribution is -2.08. The van der Waals surface area contributed by atoms with E-state index in [0.29, 0.717) is 13.2 Å². The zero-order chi connectivity index (χ0) is 14.7. The number of H-pyrrole nitrogens is 1. The van der Waals surface area contributed by atoms with Gasteiger partial charge in [0.05, 0.1) is 12.1 Å². The second-order valence-electron chi connectivity index (χ2n) is 4.93. The molecule has 0 atom stereocenters. The number of nitrogens with one attached hydrogen (secondary N) is 2. The van der Waals surface area contributed by atoms with Gasteiger partial charge < -0.3 is 15.0 Å². The first kappa shape index (κ1) is 13.6. The van der Waals surface area contributed by atoms with Gasteiger partial charge in [-0.15, -0.1) is 0 Å². The Kier molecular flexibility index (Phi) is 3.83. The molecule has 0 fully saturated rings. The third-order valence-electron chi connectivity index (χ3n) is 3.29. The molecule has 5 heteroatoms. The van der Waals surface area contributed by atoms with Crippen LogP contribution in [0, 0.1) is 6.92 Å². The van der Waals surface area contributed by atoms with Gasteiger partial charge in [-0.3, -0.25) is 0 Å². The van der Waals surface area contributed by atoms with Gasteiger partial charge in [0.15, 0.2) is 5.82 Å². The number of aryl methyl sites for hydroxylation is 1. The van der Waals surface area contributed by atoms with Crippen molar-refractivity contribution in [3.05, 3.63) is 42.1 Å². The lowest BCUT2D eigenvalue weighted by Gasteiger charge is -2.04. The third kappa shape index (κ3) is 2.87. The number of ether oxygens (including phenoxy) is 1. The quantitative estimate of drug-likeness (QED) is 0.706. The molecule has 3 aromatic rings. The SMILES string of the molecule is COCCNc1nccc2[nH]c(-c3cccc(C)c3)nc12. The number of anilines is 1. The summed E-state index contributed by atoms with van der Waals surface area (Å²) in [5.74, 6) is 1.64. The van der Waals surface area contributed by atoms with E-state index in [4.69, 9.17) is 4.74 Å². The second kappa shape index (κ2) is 5.93. The molecule has 0 saturated carbocycles. The number of pyridine rings is 1. The maximum absolute atomic E-state index is 5.04. The number of rotatable bonds is 5. The molecule has 0 amide bonds. The Bertz CT molecular complexity index is 751. The Morgan fingerprint density at radius 2 is 2.19 bits per heavy atom. The molecule has 0 bridgehead atoms. The van der Waals surface area contributed by atoms with E-state index < -0.39 is 0 Å². The highest BCUT2D eigenvalue weighted by molar-refractivity contribution is 5.88. The first-order valence-corrected chi connectivity index (χ1v) is 6.92. The van der Waals surface area contributed by atoms with Crippen molar-refractivity contribution in [1.82, 2.24) is 15.0 Å². The number of aromatic nitrogens is 3. The molecule has 5 nitrogen and oxygen atoms in total. The van der Waals surface area contributed by atoms with Crippen LogP contribution in [0.5, 0.6) is 0 Å². The molecule has 1 aromatic carbocycles. The Labute approximate surface area is 123 Å². The van der Waals surface area contributed by atoms with Crippen LogP contribution < -0.4 is 5.32 Å². The van der Waals surface area contributed by atoms with Gasteiger partial charge in [0.25, 0.3) is 0 Å². The number of methoxy groups -OCH3 is 1. The zero-order valence-electron chi connectivity index (χ0n) is 12.2. The van der Waals surface area contributed by atoms with E-state index in [9.17, 15) is 0 Å². The van der Waals surface area contributed by atoms with E-state index in [1.165, 1.54) is 5.56 Å². The van der Waals surface area contributed by atoms with Gasteiger partial charge in [0, 0.05) is 25.4 Å². The van der Waals surface area contributed by atoms with Crippen LogP contribution in [0.25, 0.3) is 22.4 Å². The Hall–Kier alpha value is -2.40. The summed E-state index contributed by atoms with van der Waals surface area (Å²) in [7, 11) is 1.68. The molecule has 0 unspecified atom stereocenters. The Morgan fingerprint density at radius 3 is 3.00 bits per heavy atom. The van der Waals surface area contributed by atoms with Gasteiger partial charge in [-0.1, -0.05) is 23.8 Å². The zero-order valence-corrected chi connectivity index (χ0v) is 12.2. The first-order valence-electron chi connectivity index (χ1n) is 6.92. The molecule has 0 aliphatic carbocycles. The van der Waals surface area contributed by atoms with Crippen LogP contribution in [-0.2, 0) is 4.74 Å². The summed E-state index contributed by atoms with van der Waals surface area (Å²) in [6, 6.07) is 10.2. The minimum Gasteiger partial charge on any atom is -0.383 e. The van der Waals surface area contributed by atoms with Gasteiger partial charge in [0.1, 0.15) is 11.3 Å². The van der Waals surface area contributed by atoms with Crippen molar-refractivity contribution in [3.8, 4) is 11.4 Å². The molecule has 108 valence electrons. The minimum atomic E-state index is 0.632. The molecule has 0 aliphatic rings. The first-order chi connectivity index (χ1) is 10.3. The monoisotopic (exact) mass is 282 g/mol. The standard InChI is InChI=1S/C16H18N4O/c1-11-4-3-5-12(10-11)15-19-13-6-7-17-16(14(13)20-15)18-8-9-21-2/h3-7,10H,8-9H2,1-2H3,(H,17,18)(H,19,20). The normalized spacial score (nSPS) is 11.0. The summed E-state index contributed by atoms with van der Waals surface area (Å²) in [5, 5.41) is 3.25. The molecule has 0 radical (unpaired) electrons. The smallest absolute Gasteiger partial charge is 0.154 e. The topological polar surface area (TPSA) is 62.8 Å². The van der Waals surface area contributed by atoms with Crippen molar-refractivity contribution >= 4 is 16.9 Å². The highest BCUT2D eigenvalue weighted by Crippen LogP contribution is 2.24. The van der Waals surface area contributed by atoms with Crippen LogP contribution in [-0.4, -0.2) is 35.2 Å². The number of benzene rings is 1. The third-order valence-corrected chi connectivity index (χ3v) is 3.29. The highest BCUT2D eigenvalue weighted by atomic mass is 16.5. The number of imidazole rings is 1. The van der Waals surface area contributed by atoms with Crippen molar-refractivity contribution in [2.24, 2.45) is 0 Å². The predicted octanol–water partition coefficient (Wildman–Crippen LogP) is 2.99. The maximum Gasteiger partial charge on any atom is 0.154 e. The Balaban J connectivity index is 1.98. The van der Waals surface area contributed by atoms with Crippen LogP contribution in [0.1, 0.15) is 5.56 Å². The lowest BCUT2D eigenvalue weighted by atomic mass is 10.1. The summed E-state index contributed by atoms with van der Waals surface area (Å²) >= 11 is 0. The second-order valence-corrected chi connectivity index (χ2v) is 4.93. The van der Waals surface area contributed by atoms with Crippen molar-refractivity contribution in [2.75, 3.05) is 25.6 Å². The number of nitrogens with zero attached hydrogens (tertiary/aromatic N) is 2. The fourth-order valence-corrected chi connectivity index (χ4v) is 2.27. The van der Waals surface area contributed by atoms with Crippen molar-refractivity contribution < 1.29 is 4.74 Å². The fourth-order valence-electron chi connectivity index (χ4n) is 2.27. The van der Waals surface area contributed by atoms with Gasteiger partial charge in [0.2, 0.25) is 0 Å². The molecule has 2 heterocycles. The van der Waals surface area contributed by atoms with Crippen LogP contribution in [0.15, 0.2) is 36.5 Å². The van der Waals surface area contributed by atoms with Gasteiger partial charge in [-0.2, -0.15) is 0 Å². The lowest BCUT2D eigenvalue weighted by molar-refractivity contribution is 0.210. The summed E-state index contributed by atoms with van der Waals surface area (Å²) in [6.07, 6.45) is 1.77. The van der Waals surface area contributed by atoms with E-state index in [0.717, 1.165) is 28.2 Å². The summed E-state index contributed by atoms with van der Waals surface area (Å²) in [6.45, 7) is 3.41. The van der Waals surface area contributed by atoms with E-state index >= 15 is 0 Å². The number of hydrogen-bond acceptors (Lipinski definition) is 4. The van der Waals surface area contributed by atoms with Crippen LogP contribution in [0.4, 0.5) is 5.82 Å². The minimum absolute atomic E-state index is 0.632. The summed E-state index contributed by atoms with van der Waals surface area (Å²) in [4.78, 5) is 12.4. The van der Waals surface area contributed by atoms with Crippen molar-refractivity contribution in [3.63, 3.8) is 0 Å². The van der Waals surface area contributed by atoms with E-state index in [-0.39, 0.29) is 0 Å². The number of hydrogen-bond donors (Lipinski definition) is 2. The van der Waals surface area contributed by atoms with Crippen LogP contribution in [0.3, 0.4) is 0 Å². The maximum atomic E-state index is 5.04. The molecule has 0 saturated heterocycles. The largest absolute Gasteiger partial charge is 0.383 e. The Morgan fingerprint density at radius 1 is 1.29 bits per heavy atom. The molecule has 2 aromatic heterocycles. The molecule has 0 spiro atoms. The molecule has 2 N–H and O–H groups in total. The highest BCUT2D eigenvalue weighted by Gasteiger charge is 2.09. The molecule has 0 aliphatic heterocycles. The van der Waals surface area contributed by atoms with Crippen molar-refractivity contribution in [1.29, 1.82) is 0 Å². The molecular weight excluding hydrogens is 264 g/mol. The average molecular weight is 282 g/mol. The summed E-state index contributed by atoms with van der Waals surface area (Å²) < 4.78 is 5.04. The van der Waals surface area contributed by atoms with Gasteiger partial charge >= 0.3 is 0 Å². The number of aromatic amines is 1.